The van der Waals surface area contributed by atoms with E-state index in [1.165, 1.54) is 6.33 Å². The van der Waals surface area contributed by atoms with Gasteiger partial charge in [-0.15, -0.1) is 0 Å². The van der Waals surface area contributed by atoms with Crippen LogP contribution in [0.1, 0.15) is 21.7 Å². The van der Waals surface area contributed by atoms with Crippen molar-refractivity contribution in [3.05, 3.63) is 66.0 Å². The van der Waals surface area contributed by atoms with Crippen LogP contribution in [-0.4, -0.2) is 38.5 Å². The number of hydrogen-bond acceptors (Lipinski definition) is 6. The minimum Gasteiger partial charge on any atom is -0.368 e. The fourth-order valence-corrected chi connectivity index (χ4v) is 2.39. The number of imidazole rings is 1. The molecule has 0 unspecified atom stereocenters. The number of nitriles is 1. The van der Waals surface area contributed by atoms with Gasteiger partial charge in [-0.1, -0.05) is 6.07 Å². The number of benzene rings is 1. The molecule has 0 saturated heterocycles. The summed E-state index contributed by atoms with van der Waals surface area (Å²) < 4.78 is 1.86. The Morgan fingerprint density at radius 2 is 2.12 bits per heavy atom. The van der Waals surface area contributed by atoms with E-state index in [1.807, 2.05) is 29.8 Å². The number of aryl methyl sites for hydroxylation is 1. The first-order valence-electron chi connectivity index (χ1n) is 8.02. The Bertz CT molecular complexity index is 958. The van der Waals surface area contributed by atoms with E-state index in [0.29, 0.717) is 30.0 Å². The molecule has 0 atom stereocenters. The van der Waals surface area contributed by atoms with Crippen molar-refractivity contribution in [1.29, 1.82) is 5.26 Å². The highest BCUT2D eigenvalue weighted by Gasteiger charge is 2.06. The fraction of sp³-hybridized carbons (Fsp3) is 0.167. The summed E-state index contributed by atoms with van der Waals surface area (Å²) >= 11 is 0. The molecule has 1 amide bonds. The highest BCUT2D eigenvalue weighted by atomic mass is 16.1. The monoisotopic (exact) mass is 347 g/mol. The molecule has 0 spiro atoms. The Kier molecular flexibility index (Phi) is 5.19. The third-order valence-corrected chi connectivity index (χ3v) is 3.70. The van der Waals surface area contributed by atoms with Crippen LogP contribution in [-0.2, 0) is 0 Å². The Labute approximate surface area is 150 Å². The van der Waals surface area contributed by atoms with E-state index < -0.39 is 0 Å². The lowest BCUT2D eigenvalue weighted by atomic mass is 10.1. The van der Waals surface area contributed by atoms with Crippen molar-refractivity contribution >= 4 is 11.7 Å². The van der Waals surface area contributed by atoms with Crippen LogP contribution in [0.2, 0.25) is 0 Å². The van der Waals surface area contributed by atoms with E-state index in [1.54, 1.807) is 30.5 Å². The van der Waals surface area contributed by atoms with Crippen molar-refractivity contribution < 1.29 is 4.79 Å². The molecule has 0 aliphatic rings. The zero-order valence-corrected chi connectivity index (χ0v) is 14.2. The van der Waals surface area contributed by atoms with Crippen LogP contribution < -0.4 is 10.6 Å². The molecule has 0 saturated carbocycles. The molecule has 2 N–H and O–H groups in total. The molecule has 0 radical (unpaired) electrons. The van der Waals surface area contributed by atoms with Crippen molar-refractivity contribution in [2.24, 2.45) is 0 Å². The molecule has 2 heterocycles. The molecule has 26 heavy (non-hydrogen) atoms. The third kappa shape index (κ3) is 4.02. The van der Waals surface area contributed by atoms with Crippen molar-refractivity contribution in [2.45, 2.75) is 6.92 Å². The zero-order valence-electron chi connectivity index (χ0n) is 14.2. The maximum Gasteiger partial charge on any atom is 0.251 e. The van der Waals surface area contributed by atoms with E-state index in [2.05, 4.69) is 25.6 Å². The van der Waals surface area contributed by atoms with Crippen LogP contribution in [0.15, 0.2) is 49.1 Å². The highest BCUT2D eigenvalue weighted by molar-refractivity contribution is 5.94. The van der Waals surface area contributed by atoms with Gasteiger partial charge < -0.3 is 10.6 Å². The lowest BCUT2D eigenvalue weighted by Crippen LogP contribution is -2.29. The molecule has 2 aromatic heterocycles. The lowest BCUT2D eigenvalue weighted by Gasteiger charge is -2.09. The Hall–Kier alpha value is -3.73. The predicted molar refractivity (Wildman–Crippen MR) is 95.9 cm³/mol. The molecule has 0 bridgehead atoms. The Balaban J connectivity index is 1.53. The van der Waals surface area contributed by atoms with Gasteiger partial charge in [-0.3, -0.25) is 9.36 Å². The molecule has 130 valence electrons. The summed E-state index contributed by atoms with van der Waals surface area (Å²) in [6, 6.07) is 10.4. The molecule has 8 nitrogen and oxygen atoms in total. The van der Waals surface area contributed by atoms with Crippen LogP contribution in [0.3, 0.4) is 0 Å². The quantitative estimate of drug-likeness (QED) is 0.657. The molecule has 1 aromatic carbocycles. The second-order valence-electron chi connectivity index (χ2n) is 5.48. The largest absolute Gasteiger partial charge is 0.368 e. The first-order valence-corrected chi connectivity index (χ1v) is 8.02. The van der Waals surface area contributed by atoms with Gasteiger partial charge in [-0.2, -0.15) is 5.26 Å². The summed E-state index contributed by atoms with van der Waals surface area (Å²) in [6.07, 6.45) is 5.02. The second-order valence-corrected chi connectivity index (χ2v) is 5.48. The summed E-state index contributed by atoms with van der Waals surface area (Å²) in [5.41, 5.74) is 0.919. The van der Waals surface area contributed by atoms with Crippen LogP contribution in [0.25, 0.3) is 5.82 Å². The molecule has 0 aliphatic carbocycles. The number of amides is 1. The van der Waals surface area contributed by atoms with Crippen LogP contribution >= 0.6 is 0 Å². The summed E-state index contributed by atoms with van der Waals surface area (Å²) in [4.78, 5) is 24.7. The van der Waals surface area contributed by atoms with E-state index in [0.717, 1.165) is 11.6 Å². The summed E-state index contributed by atoms with van der Waals surface area (Å²) in [7, 11) is 0. The highest BCUT2D eigenvalue weighted by Crippen LogP contribution is 2.10. The van der Waals surface area contributed by atoms with Gasteiger partial charge in [0.15, 0.2) is 0 Å². The van der Waals surface area contributed by atoms with Gasteiger partial charge >= 0.3 is 0 Å². The smallest absolute Gasteiger partial charge is 0.251 e. The van der Waals surface area contributed by atoms with Gasteiger partial charge in [-0.25, -0.2) is 15.0 Å². The predicted octanol–water partition coefficient (Wildman–Crippen LogP) is 1.68. The van der Waals surface area contributed by atoms with Crippen LogP contribution in [0.4, 0.5) is 5.82 Å². The van der Waals surface area contributed by atoms with Gasteiger partial charge in [-0.05, 0) is 25.1 Å². The fourth-order valence-electron chi connectivity index (χ4n) is 2.39. The van der Waals surface area contributed by atoms with Gasteiger partial charge in [0.2, 0.25) is 0 Å². The minimum atomic E-state index is -0.221. The van der Waals surface area contributed by atoms with Crippen LogP contribution in [0.5, 0.6) is 0 Å². The summed E-state index contributed by atoms with van der Waals surface area (Å²) in [6.45, 7) is 2.81. The van der Waals surface area contributed by atoms with Gasteiger partial charge in [0.1, 0.15) is 23.8 Å². The van der Waals surface area contributed by atoms with Crippen LogP contribution in [0, 0.1) is 18.3 Å². The van der Waals surface area contributed by atoms with Crippen molar-refractivity contribution in [3.8, 4) is 11.9 Å². The first-order chi connectivity index (χ1) is 12.7. The average molecular weight is 347 g/mol. The van der Waals surface area contributed by atoms with E-state index >= 15 is 0 Å². The second kappa shape index (κ2) is 7.90. The molecule has 3 rings (SSSR count). The number of hydrogen-bond donors (Lipinski definition) is 2. The van der Waals surface area contributed by atoms with Gasteiger partial charge in [0.05, 0.1) is 11.6 Å². The zero-order chi connectivity index (χ0) is 18.4. The number of anilines is 1. The topological polar surface area (TPSA) is 109 Å². The summed E-state index contributed by atoms with van der Waals surface area (Å²) in [5.74, 6) is 1.99. The van der Waals surface area contributed by atoms with E-state index in [9.17, 15) is 4.79 Å². The number of carbonyl (C=O) groups excluding carboxylic acids is 1. The number of nitrogens with zero attached hydrogens (tertiary/aromatic N) is 5. The van der Waals surface area contributed by atoms with E-state index in [4.69, 9.17) is 5.26 Å². The standard InChI is InChI=1S/C18H17N7O/c1-13-20-7-8-25(13)17-10-16(23-12-24-17)21-5-6-22-18(26)15-4-2-3-14(9-15)11-19/h2-4,7-10,12H,5-6H2,1H3,(H,22,26)(H,21,23,24). The third-order valence-electron chi connectivity index (χ3n) is 3.70. The Morgan fingerprint density at radius 3 is 2.88 bits per heavy atom. The lowest BCUT2D eigenvalue weighted by molar-refractivity contribution is 0.0955. The molecular weight excluding hydrogens is 330 g/mol. The number of rotatable bonds is 6. The average Bonchev–Trinajstić information content (AvgIpc) is 3.11. The Morgan fingerprint density at radius 1 is 1.23 bits per heavy atom. The number of carbonyl (C=O) groups is 1. The number of nitrogens with one attached hydrogen (secondary N) is 2. The molecule has 3 aromatic rings. The minimum absolute atomic E-state index is 0.221. The van der Waals surface area contributed by atoms with Crippen molar-refractivity contribution in [3.63, 3.8) is 0 Å². The van der Waals surface area contributed by atoms with Gasteiger partial charge in [0, 0.05) is 37.1 Å². The van der Waals surface area contributed by atoms with Crippen molar-refractivity contribution in [2.75, 3.05) is 18.4 Å². The van der Waals surface area contributed by atoms with Crippen molar-refractivity contribution in [1.82, 2.24) is 24.8 Å². The molecule has 8 heteroatoms. The molecule has 0 fully saturated rings. The molecular formula is C18H17N7O. The summed E-state index contributed by atoms with van der Waals surface area (Å²) in [5, 5.41) is 14.8. The maximum absolute atomic E-state index is 12.1. The first kappa shape index (κ1) is 17.1. The number of aromatic nitrogens is 4. The van der Waals surface area contributed by atoms with Gasteiger partial charge in [0.25, 0.3) is 5.91 Å². The normalized spacial score (nSPS) is 10.2. The molecule has 0 aliphatic heterocycles. The van der Waals surface area contributed by atoms with E-state index in [-0.39, 0.29) is 5.91 Å². The maximum atomic E-state index is 12.1. The SMILES string of the molecule is Cc1nccn1-c1cc(NCCNC(=O)c2cccc(C#N)c2)ncn1.